The first kappa shape index (κ1) is 30.2. The first-order valence-electron chi connectivity index (χ1n) is 14.9. The molecular weight excluding hydrogens is 549 g/mol. The van der Waals surface area contributed by atoms with E-state index in [9.17, 15) is 12.8 Å². The fourth-order valence-corrected chi connectivity index (χ4v) is 7.38. The zero-order valence-electron chi connectivity index (χ0n) is 25.3. The number of piperazine rings is 1. The molecule has 0 amide bonds. The molecule has 7 nitrogen and oxygen atoms in total. The first-order chi connectivity index (χ1) is 20.1. The molecular formula is C33H42FN5O2S. The molecule has 0 saturated carbocycles. The fraction of sp³-hybridized carbons (Fsp3) is 0.424. The van der Waals surface area contributed by atoms with Gasteiger partial charge in [0.05, 0.1) is 16.3 Å². The molecule has 0 bridgehead atoms. The van der Waals surface area contributed by atoms with E-state index in [0.717, 1.165) is 59.7 Å². The van der Waals surface area contributed by atoms with Gasteiger partial charge in [-0.25, -0.2) is 17.5 Å². The Balaban J connectivity index is 1.60. The molecule has 1 fully saturated rings. The topological polar surface area (TPSA) is 61.7 Å². The number of hydrogen-bond donors (Lipinski definition) is 0. The number of aryl methyl sites for hydroxylation is 1. The smallest absolute Gasteiger partial charge is 0.243 e. The molecule has 4 aromatic rings. The Labute approximate surface area is 249 Å². The lowest BCUT2D eigenvalue weighted by Crippen LogP contribution is -2.49. The maximum Gasteiger partial charge on any atom is 0.243 e. The van der Waals surface area contributed by atoms with E-state index < -0.39 is 10.0 Å². The molecule has 1 aromatic heterocycles. The lowest BCUT2D eigenvalue weighted by Gasteiger charge is -2.38. The van der Waals surface area contributed by atoms with Gasteiger partial charge in [0.15, 0.2) is 0 Å². The standard InChI is InChI=1S/C33H42FN5O2S/c1-6-32-31(23-38(22-24(2)3)42(40,41)30-16-11-26-9-7-8-10-27(26)21-30)33(37-19-17-36(18-20-37)25(4)5)39(35-32)29-14-12-28(34)13-15-29/h7-16,21,24-25H,6,17-20,22-23H2,1-5H3. The summed E-state index contributed by atoms with van der Waals surface area (Å²) in [6, 6.07) is 20.0. The minimum absolute atomic E-state index is 0.121. The largest absolute Gasteiger partial charge is 0.354 e. The number of hydrogen-bond acceptors (Lipinski definition) is 5. The summed E-state index contributed by atoms with van der Waals surface area (Å²) in [7, 11) is -3.82. The third kappa shape index (κ3) is 6.23. The molecule has 42 heavy (non-hydrogen) atoms. The van der Waals surface area contributed by atoms with Crippen LogP contribution < -0.4 is 4.90 Å². The summed E-state index contributed by atoms with van der Waals surface area (Å²) in [5.74, 6) is 0.707. The summed E-state index contributed by atoms with van der Waals surface area (Å²) in [5.41, 5.74) is 2.51. The number of aromatic nitrogens is 2. The molecule has 0 atom stereocenters. The second kappa shape index (κ2) is 12.5. The summed E-state index contributed by atoms with van der Waals surface area (Å²) in [4.78, 5) is 5.06. The van der Waals surface area contributed by atoms with E-state index in [1.807, 2.05) is 55.8 Å². The Morgan fingerprint density at radius 2 is 1.57 bits per heavy atom. The van der Waals surface area contributed by atoms with Gasteiger partial charge in [-0.05, 0) is 73.4 Å². The van der Waals surface area contributed by atoms with Gasteiger partial charge < -0.3 is 4.90 Å². The molecule has 3 aromatic carbocycles. The highest BCUT2D eigenvalue weighted by Crippen LogP contribution is 2.33. The Morgan fingerprint density at radius 1 is 0.905 bits per heavy atom. The lowest BCUT2D eigenvalue weighted by atomic mass is 10.1. The van der Waals surface area contributed by atoms with Gasteiger partial charge in [-0.1, -0.05) is 51.1 Å². The third-order valence-electron chi connectivity index (χ3n) is 8.05. The fourth-order valence-electron chi connectivity index (χ4n) is 5.78. The van der Waals surface area contributed by atoms with Crippen molar-refractivity contribution >= 4 is 26.6 Å². The van der Waals surface area contributed by atoms with Gasteiger partial charge in [0, 0.05) is 50.9 Å². The number of benzene rings is 3. The second-order valence-electron chi connectivity index (χ2n) is 11.8. The number of sulfonamides is 1. The van der Waals surface area contributed by atoms with Gasteiger partial charge in [0.1, 0.15) is 11.6 Å². The second-order valence-corrected chi connectivity index (χ2v) is 13.7. The van der Waals surface area contributed by atoms with Crippen LogP contribution in [0.5, 0.6) is 0 Å². The number of rotatable bonds is 10. The molecule has 9 heteroatoms. The van der Waals surface area contributed by atoms with Gasteiger partial charge >= 0.3 is 0 Å². The Bertz CT molecular complexity index is 1620. The summed E-state index contributed by atoms with van der Waals surface area (Å²) in [6.45, 7) is 14.5. The van der Waals surface area contributed by atoms with E-state index in [4.69, 9.17) is 5.10 Å². The van der Waals surface area contributed by atoms with E-state index in [1.165, 1.54) is 12.1 Å². The van der Waals surface area contributed by atoms with Crippen LogP contribution >= 0.6 is 0 Å². The van der Waals surface area contributed by atoms with E-state index in [0.29, 0.717) is 19.0 Å². The Kier molecular flexibility index (Phi) is 9.01. The molecule has 0 aliphatic carbocycles. The first-order valence-corrected chi connectivity index (χ1v) is 16.4. The van der Waals surface area contributed by atoms with Crippen molar-refractivity contribution in [3.63, 3.8) is 0 Å². The Hall–Kier alpha value is -3.27. The van der Waals surface area contributed by atoms with Crippen LogP contribution in [-0.2, 0) is 23.0 Å². The summed E-state index contributed by atoms with van der Waals surface area (Å²) < 4.78 is 45.9. The summed E-state index contributed by atoms with van der Waals surface area (Å²) >= 11 is 0. The average Bonchev–Trinajstić information content (AvgIpc) is 3.34. The van der Waals surface area contributed by atoms with E-state index in [1.54, 1.807) is 28.6 Å². The zero-order chi connectivity index (χ0) is 30.0. The molecule has 5 rings (SSSR count). The molecule has 1 aliphatic heterocycles. The lowest BCUT2D eigenvalue weighted by molar-refractivity contribution is 0.208. The van der Waals surface area contributed by atoms with Crippen molar-refractivity contribution in [2.45, 2.75) is 58.5 Å². The van der Waals surface area contributed by atoms with Crippen molar-refractivity contribution in [1.82, 2.24) is 19.0 Å². The van der Waals surface area contributed by atoms with Crippen LogP contribution in [0.4, 0.5) is 10.2 Å². The average molecular weight is 592 g/mol. The molecule has 0 N–H and O–H groups in total. The van der Waals surface area contributed by atoms with Gasteiger partial charge in [-0.2, -0.15) is 9.40 Å². The molecule has 0 radical (unpaired) electrons. The van der Waals surface area contributed by atoms with E-state index in [2.05, 4.69) is 23.6 Å². The Morgan fingerprint density at radius 3 is 2.19 bits per heavy atom. The SMILES string of the molecule is CCc1nn(-c2ccc(F)cc2)c(N2CCN(C(C)C)CC2)c1CN(CC(C)C)S(=O)(=O)c1ccc2ccccc2c1. The van der Waals surface area contributed by atoms with Crippen LogP contribution in [-0.4, -0.2) is 66.2 Å². The van der Waals surface area contributed by atoms with Crippen LogP contribution in [0.25, 0.3) is 16.5 Å². The van der Waals surface area contributed by atoms with E-state index >= 15 is 0 Å². The van der Waals surface area contributed by atoms with Crippen molar-refractivity contribution in [2.75, 3.05) is 37.6 Å². The molecule has 224 valence electrons. The van der Waals surface area contributed by atoms with Crippen LogP contribution in [0, 0.1) is 11.7 Å². The van der Waals surface area contributed by atoms with Crippen molar-refractivity contribution < 1.29 is 12.8 Å². The maximum atomic E-state index is 14.3. The van der Waals surface area contributed by atoms with Crippen molar-refractivity contribution in [3.05, 3.63) is 83.8 Å². The van der Waals surface area contributed by atoms with Crippen molar-refractivity contribution in [3.8, 4) is 5.69 Å². The highest BCUT2D eigenvalue weighted by atomic mass is 32.2. The van der Waals surface area contributed by atoms with Crippen molar-refractivity contribution in [2.24, 2.45) is 5.92 Å². The molecule has 1 saturated heterocycles. The molecule has 1 aliphatic rings. The number of nitrogens with zero attached hydrogens (tertiary/aromatic N) is 5. The third-order valence-corrected chi connectivity index (χ3v) is 9.86. The zero-order valence-corrected chi connectivity index (χ0v) is 26.1. The van der Waals surface area contributed by atoms with Crippen LogP contribution in [0.2, 0.25) is 0 Å². The maximum absolute atomic E-state index is 14.3. The molecule has 0 spiro atoms. The normalized spacial score (nSPS) is 15.0. The predicted molar refractivity (Wildman–Crippen MR) is 168 cm³/mol. The monoisotopic (exact) mass is 591 g/mol. The minimum Gasteiger partial charge on any atom is -0.354 e. The van der Waals surface area contributed by atoms with Crippen molar-refractivity contribution in [1.29, 1.82) is 0 Å². The molecule has 0 unspecified atom stereocenters. The summed E-state index contributed by atoms with van der Waals surface area (Å²) in [6.07, 6.45) is 0.647. The minimum atomic E-state index is -3.82. The predicted octanol–water partition coefficient (Wildman–Crippen LogP) is 6.10. The number of anilines is 1. The van der Waals surface area contributed by atoms with Gasteiger partial charge in [0.25, 0.3) is 0 Å². The highest BCUT2D eigenvalue weighted by molar-refractivity contribution is 7.89. The van der Waals surface area contributed by atoms with Crippen LogP contribution in [0.3, 0.4) is 0 Å². The highest BCUT2D eigenvalue weighted by Gasteiger charge is 2.32. The number of halogens is 1. The van der Waals surface area contributed by atoms with Crippen LogP contribution in [0.15, 0.2) is 71.6 Å². The van der Waals surface area contributed by atoms with Gasteiger partial charge in [0.2, 0.25) is 10.0 Å². The number of fused-ring (bicyclic) bond motifs is 1. The van der Waals surface area contributed by atoms with Crippen LogP contribution in [0.1, 0.15) is 45.9 Å². The van der Waals surface area contributed by atoms with Gasteiger partial charge in [-0.15, -0.1) is 0 Å². The molecule has 2 heterocycles. The van der Waals surface area contributed by atoms with Gasteiger partial charge in [-0.3, -0.25) is 4.90 Å². The summed E-state index contributed by atoms with van der Waals surface area (Å²) in [5, 5.41) is 6.90. The van der Waals surface area contributed by atoms with E-state index in [-0.39, 0.29) is 23.2 Å². The quantitative estimate of drug-likeness (QED) is 0.223.